The molecule has 7 heteroatoms. The lowest BCUT2D eigenvalue weighted by molar-refractivity contribution is -0.0242. The summed E-state index contributed by atoms with van der Waals surface area (Å²) in [6.45, 7) is 1.48. The largest absolute Gasteiger partial charge is 0.467 e. The van der Waals surface area contributed by atoms with E-state index in [4.69, 9.17) is 9.15 Å². The average Bonchev–Trinajstić information content (AvgIpc) is 3.34. The molecular weight excluding hydrogens is 332 g/mol. The number of nitrogens with zero attached hydrogens (tertiary/aromatic N) is 3. The molecule has 134 valence electrons. The van der Waals surface area contributed by atoms with Gasteiger partial charge in [-0.3, -0.25) is 0 Å². The summed E-state index contributed by atoms with van der Waals surface area (Å²) in [4.78, 5) is 18.7. The number of hydrogen-bond donors (Lipinski definition) is 1. The van der Waals surface area contributed by atoms with Crippen molar-refractivity contribution < 1.29 is 13.9 Å². The van der Waals surface area contributed by atoms with Crippen molar-refractivity contribution >= 4 is 11.7 Å². The highest BCUT2D eigenvalue weighted by Crippen LogP contribution is 2.24. The Kier molecular flexibility index (Phi) is 4.45. The third-order valence-corrected chi connectivity index (χ3v) is 4.41. The maximum absolute atomic E-state index is 12.7. The summed E-state index contributed by atoms with van der Waals surface area (Å²) >= 11 is 0. The summed E-state index contributed by atoms with van der Waals surface area (Å²) in [6, 6.07) is 11.2. The highest BCUT2D eigenvalue weighted by atomic mass is 16.5. The van der Waals surface area contributed by atoms with E-state index in [9.17, 15) is 4.79 Å². The lowest BCUT2D eigenvalue weighted by atomic mass is 10.2. The fourth-order valence-electron chi connectivity index (χ4n) is 3.06. The Morgan fingerprint density at radius 1 is 1.31 bits per heavy atom. The number of furan rings is 1. The first-order valence-electron chi connectivity index (χ1n) is 8.49. The summed E-state index contributed by atoms with van der Waals surface area (Å²) in [7, 11) is 1.94. The van der Waals surface area contributed by atoms with Gasteiger partial charge in [-0.1, -0.05) is 12.1 Å². The predicted molar refractivity (Wildman–Crippen MR) is 96.6 cm³/mol. The third kappa shape index (κ3) is 3.34. The van der Waals surface area contributed by atoms with Crippen molar-refractivity contribution in [1.29, 1.82) is 0 Å². The number of rotatable bonds is 3. The maximum atomic E-state index is 12.7. The second-order valence-corrected chi connectivity index (χ2v) is 6.19. The number of carbonyl (C=O) groups is 1. The molecule has 1 aromatic carbocycles. The van der Waals surface area contributed by atoms with Crippen LogP contribution >= 0.6 is 0 Å². The van der Waals surface area contributed by atoms with Crippen molar-refractivity contribution in [2.24, 2.45) is 7.05 Å². The van der Waals surface area contributed by atoms with Crippen molar-refractivity contribution in [2.75, 3.05) is 25.0 Å². The van der Waals surface area contributed by atoms with Gasteiger partial charge in [0.05, 0.1) is 19.4 Å². The molecule has 1 saturated heterocycles. The van der Waals surface area contributed by atoms with Crippen molar-refractivity contribution in [1.82, 2.24) is 14.5 Å². The maximum Gasteiger partial charge on any atom is 0.322 e. The molecule has 4 rings (SSSR count). The Hall–Kier alpha value is -3.06. The highest BCUT2D eigenvalue weighted by Gasteiger charge is 2.27. The van der Waals surface area contributed by atoms with Gasteiger partial charge in [0.15, 0.2) is 0 Å². The van der Waals surface area contributed by atoms with Crippen LogP contribution in [0, 0.1) is 0 Å². The number of anilines is 1. The molecule has 0 spiro atoms. The SMILES string of the molecule is Cn1ccnc1-c1cccc(NC(=O)N2CCO[C@H](c3ccco3)C2)c1. The molecular formula is C19H20N4O3. The smallest absolute Gasteiger partial charge is 0.322 e. The summed E-state index contributed by atoms with van der Waals surface area (Å²) in [5, 5.41) is 2.96. The molecule has 3 heterocycles. The Labute approximate surface area is 151 Å². The van der Waals surface area contributed by atoms with E-state index in [2.05, 4.69) is 10.3 Å². The minimum Gasteiger partial charge on any atom is -0.467 e. The van der Waals surface area contributed by atoms with E-state index >= 15 is 0 Å². The number of aryl methyl sites for hydroxylation is 1. The van der Waals surface area contributed by atoms with Gasteiger partial charge in [0.1, 0.15) is 17.7 Å². The molecule has 1 atom stereocenters. The number of imidazole rings is 1. The molecule has 0 unspecified atom stereocenters. The number of ether oxygens (including phenoxy) is 1. The number of carbonyl (C=O) groups excluding carboxylic acids is 1. The Morgan fingerprint density at radius 3 is 3.00 bits per heavy atom. The van der Waals surface area contributed by atoms with Crippen LogP contribution in [0.25, 0.3) is 11.4 Å². The van der Waals surface area contributed by atoms with Gasteiger partial charge in [0, 0.05) is 37.2 Å². The second kappa shape index (κ2) is 7.05. The van der Waals surface area contributed by atoms with Gasteiger partial charge in [-0.15, -0.1) is 0 Å². The fraction of sp³-hybridized carbons (Fsp3) is 0.263. The van der Waals surface area contributed by atoms with Crippen LogP contribution < -0.4 is 5.32 Å². The normalized spacial score (nSPS) is 17.3. The minimum absolute atomic E-state index is 0.151. The molecule has 2 amide bonds. The summed E-state index contributed by atoms with van der Waals surface area (Å²) in [5.41, 5.74) is 1.68. The Balaban J connectivity index is 1.45. The van der Waals surface area contributed by atoms with Crippen LogP contribution in [0.2, 0.25) is 0 Å². The van der Waals surface area contributed by atoms with Gasteiger partial charge in [-0.25, -0.2) is 9.78 Å². The zero-order valence-corrected chi connectivity index (χ0v) is 14.5. The molecule has 0 aliphatic carbocycles. The molecule has 1 N–H and O–H groups in total. The fourth-order valence-corrected chi connectivity index (χ4v) is 3.06. The molecule has 0 bridgehead atoms. The quantitative estimate of drug-likeness (QED) is 0.785. The molecule has 1 fully saturated rings. The lowest BCUT2D eigenvalue weighted by Gasteiger charge is -2.32. The van der Waals surface area contributed by atoms with Crippen molar-refractivity contribution in [3.8, 4) is 11.4 Å². The molecule has 0 saturated carbocycles. The van der Waals surface area contributed by atoms with Crippen LogP contribution in [0.5, 0.6) is 0 Å². The van der Waals surface area contributed by atoms with Gasteiger partial charge >= 0.3 is 6.03 Å². The topological polar surface area (TPSA) is 72.5 Å². The van der Waals surface area contributed by atoms with Crippen LogP contribution in [0.15, 0.2) is 59.5 Å². The highest BCUT2D eigenvalue weighted by molar-refractivity contribution is 5.90. The van der Waals surface area contributed by atoms with Gasteiger partial charge in [-0.2, -0.15) is 0 Å². The average molecular weight is 352 g/mol. The van der Waals surface area contributed by atoms with Crippen LogP contribution in [0.1, 0.15) is 11.9 Å². The Bertz CT molecular complexity index is 888. The zero-order chi connectivity index (χ0) is 17.9. The molecule has 1 aliphatic heterocycles. The summed E-state index contributed by atoms with van der Waals surface area (Å²) < 4.78 is 13.0. The first kappa shape index (κ1) is 16.4. The first-order valence-corrected chi connectivity index (χ1v) is 8.49. The lowest BCUT2D eigenvalue weighted by Crippen LogP contribution is -2.44. The monoisotopic (exact) mass is 352 g/mol. The standard InChI is InChI=1S/C19H20N4O3/c1-22-8-7-20-18(22)14-4-2-5-15(12-14)21-19(24)23-9-11-26-17(13-23)16-6-3-10-25-16/h2-8,10,12,17H,9,11,13H2,1H3,(H,21,24)/t17-/m0/s1. The summed E-state index contributed by atoms with van der Waals surface area (Å²) in [5.74, 6) is 1.59. The number of hydrogen-bond acceptors (Lipinski definition) is 4. The van der Waals surface area contributed by atoms with Gasteiger partial charge in [-0.05, 0) is 24.3 Å². The predicted octanol–water partition coefficient (Wildman–Crippen LogP) is 3.29. The molecule has 26 heavy (non-hydrogen) atoms. The minimum atomic E-state index is -0.233. The molecule has 2 aromatic heterocycles. The molecule has 3 aromatic rings. The van der Waals surface area contributed by atoms with E-state index in [0.717, 1.165) is 22.8 Å². The number of morpholine rings is 1. The van der Waals surface area contributed by atoms with E-state index in [1.807, 2.05) is 54.2 Å². The van der Waals surface area contributed by atoms with E-state index < -0.39 is 0 Å². The van der Waals surface area contributed by atoms with Crippen molar-refractivity contribution in [3.63, 3.8) is 0 Å². The first-order chi connectivity index (χ1) is 12.7. The van der Waals surface area contributed by atoms with Crippen LogP contribution in [0.4, 0.5) is 10.5 Å². The Morgan fingerprint density at radius 2 is 2.23 bits per heavy atom. The van der Waals surface area contributed by atoms with Crippen molar-refractivity contribution in [2.45, 2.75) is 6.10 Å². The molecule has 7 nitrogen and oxygen atoms in total. The third-order valence-electron chi connectivity index (χ3n) is 4.41. The van der Waals surface area contributed by atoms with E-state index in [1.165, 1.54) is 0 Å². The number of nitrogens with one attached hydrogen (secondary N) is 1. The van der Waals surface area contributed by atoms with E-state index in [0.29, 0.717) is 19.7 Å². The van der Waals surface area contributed by atoms with Gasteiger partial charge in [0.25, 0.3) is 0 Å². The van der Waals surface area contributed by atoms with Crippen LogP contribution in [-0.4, -0.2) is 40.2 Å². The molecule has 1 aliphatic rings. The zero-order valence-electron chi connectivity index (χ0n) is 14.5. The summed E-state index contributed by atoms with van der Waals surface area (Å²) in [6.07, 6.45) is 5.02. The van der Waals surface area contributed by atoms with Crippen molar-refractivity contribution in [3.05, 3.63) is 60.8 Å². The number of amides is 2. The molecule has 0 radical (unpaired) electrons. The number of urea groups is 1. The van der Waals surface area contributed by atoms with E-state index in [1.54, 1.807) is 17.4 Å². The number of aromatic nitrogens is 2. The van der Waals surface area contributed by atoms with E-state index in [-0.39, 0.29) is 12.1 Å². The second-order valence-electron chi connectivity index (χ2n) is 6.19. The van der Waals surface area contributed by atoms with Crippen LogP contribution in [-0.2, 0) is 11.8 Å². The van der Waals surface area contributed by atoms with Crippen LogP contribution in [0.3, 0.4) is 0 Å². The van der Waals surface area contributed by atoms with Gasteiger partial charge in [0.2, 0.25) is 0 Å². The number of benzene rings is 1. The van der Waals surface area contributed by atoms with Gasteiger partial charge < -0.3 is 23.9 Å².